The van der Waals surface area contributed by atoms with Crippen LogP contribution in [0.3, 0.4) is 0 Å². The van der Waals surface area contributed by atoms with Gasteiger partial charge in [-0.3, -0.25) is 5.26 Å². The molecule has 1 rings (SSSR count). The van der Waals surface area contributed by atoms with E-state index in [1.807, 2.05) is 0 Å². The van der Waals surface area contributed by atoms with Crippen molar-refractivity contribution >= 4 is 0 Å². The van der Waals surface area contributed by atoms with Gasteiger partial charge in [0.2, 0.25) is 0 Å². The lowest BCUT2D eigenvalue weighted by Gasteiger charge is -2.53. The van der Waals surface area contributed by atoms with Crippen LogP contribution < -0.4 is 0 Å². The van der Waals surface area contributed by atoms with Crippen LogP contribution >= 0.6 is 0 Å². The first kappa shape index (κ1) is 16.0. The molecule has 0 saturated heterocycles. The zero-order valence-electron chi connectivity index (χ0n) is 13.2. The lowest BCUT2D eigenvalue weighted by molar-refractivity contribution is -0.338. The lowest BCUT2D eigenvalue weighted by atomic mass is 9.54. The molecule has 0 aromatic carbocycles. The van der Waals surface area contributed by atoms with Gasteiger partial charge in [-0.2, -0.15) is 0 Å². The van der Waals surface area contributed by atoms with Crippen LogP contribution in [0, 0.1) is 16.2 Å². The molecule has 0 amide bonds. The van der Waals surface area contributed by atoms with Crippen LogP contribution in [-0.4, -0.2) is 11.4 Å². The second kappa shape index (κ2) is 5.50. The highest BCUT2D eigenvalue weighted by molar-refractivity contribution is 5.00. The standard InChI is InChI=1S/C16H32O2/c1-7-14(2,3)13(18-17)15(4,5)16(6)11-9-8-10-12-16/h13,17H,7-12H2,1-6H3. The van der Waals surface area contributed by atoms with Crippen LogP contribution in [0.5, 0.6) is 0 Å². The molecule has 0 bridgehead atoms. The molecule has 2 heteroatoms. The van der Waals surface area contributed by atoms with E-state index in [0.29, 0.717) is 0 Å². The van der Waals surface area contributed by atoms with Crippen molar-refractivity contribution in [1.29, 1.82) is 0 Å². The Kier molecular flexibility index (Phi) is 4.88. The topological polar surface area (TPSA) is 29.5 Å². The van der Waals surface area contributed by atoms with E-state index in [0.717, 1.165) is 6.42 Å². The minimum atomic E-state index is -0.113. The van der Waals surface area contributed by atoms with E-state index >= 15 is 0 Å². The van der Waals surface area contributed by atoms with Gasteiger partial charge < -0.3 is 0 Å². The maximum absolute atomic E-state index is 9.47. The fourth-order valence-electron chi connectivity index (χ4n) is 3.73. The number of rotatable bonds is 5. The smallest absolute Gasteiger partial charge is 0.103 e. The summed E-state index contributed by atoms with van der Waals surface area (Å²) >= 11 is 0. The van der Waals surface area contributed by atoms with Crippen LogP contribution in [0.1, 0.15) is 80.1 Å². The SMILES string of the molecule is CCC(C)(C)C(OO)C(C)(C)C1(C)CCCCC1. The van der Waals surface area contributed by atoms with Crippen molar-refractivity contribution in [3.8, 4) is 0 Å². The third-order valence-electron chi connectivity index (χ3n) is 5.89. The molecule has 1 saturated carbocycles. The van der Waals surface area contributed by atoms with Gasteiger partial charge in [0.05, 0.1) is 0 Å². The van der Waals surface area contributed by atoms with E-state index in [4.69, 9.17) is 4.89 Å². The third kappa shape index (κ3) is 2.75. The fourth-order valence-corrected chi connectivity index (χ4v) is 3.73. The molecule has 1 N–H and O–H groups in total. The highest BCUT2D eigenvalue weighted by Gasteiger charge is 2.51. The van der Waals surface area contributed by atoms with Crippen molar-refractivity contribution in [2.45, 2.75) is 86.2 Å². The van der Waals surface area contributed by atoms with E-state index < -0.39 is 0 Å². The zero-order chi connectivity index (χ0) is 14.0. The Hall–Kier alpha value is -0.0800. The Balaban J connectivity index is 3.01. The molecule has 0 spiro atoms. The first-order chi connectivity index (χ1) is 8.21. The molecule has 18 heavy (non-hydrogen) atoms. The van der Waals surface area contributed by atoms with Crippen LogP contribution in [0.15, 0.2) is 0 Å². The molecule has 0 aromatic heterocycles. The van der Waals surface area contributed by atoms with Crippen molar-refractivity contribution in [2.75, 3.05) is 0 Å². The summed E-state index contributed by atoms with van der Waals surface area (Å²) in [6.45, 7) is 13.5. The maximum Gasteiger partial charge on any atom is 0.103 e. The van der Waals surface area contributed by atoms with E-state index in [1.165, 1.54) is 32.1 Å². The van der Waals surface area contributed by atoms with Gasteiger partial charge in [-0.25, -0.2) is 4.89 Å². The molecule has 1 atom stereocenters. The molecule has 1 fully saturated rings. The Morgan fingerprint density at radius 2 is 1.61 bits per heavy atom. The number of hydrogen-bond donors (Lipinski definition) is 1. The largest absolute Gasteiger partial charge is 0.251 e. The summed E-state index contributed by atoms with van der Waals surface area (Å²) in [5.41, 5.74) is 0.255. The lowest BCUT2D eigenvalue weighted by Crippen LogP contribution is -2.52. The van der Waals surface area contributed by atoms with Crippen LogP contribution in [0.2, 0.25) is 0 Å². The second-order valence-corrected chi connectivity index (χ2v) is 7.67. The molecule has 1 unspecified atom stereocenters. The predicted octanol–water partition coefficient (Wildman–Crippen LogP) is 5.28. The maximum atomic E-state index is 9.47. The van der Waals surface area contributed by atoms with E-state index in [1.54, 1.807) is 0 Å². The molecular weight excluding hydrogens is 224 g/mol. The molecule has 2 nitrogen and oxygen atoms in total. The van der Waals surface area contributed by atoms with Crippen molar-refractivity contribution in [3.05, 3.63) is 0 Å². The predicted molar refractivity (Wildman–Crippen MR) is 76.5 cm³/mol. The van der Waals surface area contributed by atoms with Gasteiger partial charge in [0.1, 0.15) is 6.10 Å². The van der Waals surface area contributed by atoms with Gasteiger partial charge in [0, 0.05) is 0 Å². The van der Waals surface area contributed by atoms with Crippen LogP contribution in [0.4, 0.5) is 0 Å². The number of hydrogen-bond acceptors (Lipinski definition) is 2. The highest BCUT2D eigenvalue weighted by atomic mass is 17.1. The van der Waals surface area contributed by atoms with Gasteiger partial charge >= 0.3 is 0 Å². The Bertz CT molecular complexity index is 262. The van der Waals surface area contributed by atoms with E-state index in [2.05, 4.69) is 41.5 Å². The van der Waals surface area contributed by atoms with Gasteiger partial charge in [0.25, 0.3) is 0 Å². The quantitative estimate of drug-likeness (QED) is 0.536. The molecular formula is C16H32O2. The Morgan fingerprint density at radius 1 is 1.11 bits per heavy atom. The summed E-state index contributed by atoms with van der Waals surface area (Å²) in [5, 5.41) is 9.47. The van der Waals surface area contributed by atoms with Crippen molar-refractivity contribution in [1.82, 2.24) is 0 Å². The summed E-state index contributed by atoms with van der Waals surface area (Å²) < 4.78 is 0. The van der Waals surface area contributed by atoms with Gasteiger partial charge in [-0.15, -0.1) is 0 Å². The normalized spacial score (nSPS) is 22.8. The van der Waals surface area contributed by atoms with Crippen molar-refractivity contribution in [3.63, 3.8) is 0 Å². The Labute approximate surface area is 113 Å². The average molecular weight is 256 g/mol. The minimum absolute atomic E-state index is 0.00128. The summed E-state index contributed by atoms with van der Waals surface area (Å²) in [6, 6.07) is 0. The monoisotopic (exact) mass is 256 g/mol. The van der Waals surface area contributed by atoms with Gasteiger partial charge in [-0.05, 0) is 35.5 Å². The van der Waals surface area contributed by atoms with Crippen molar-refractivity contribution in [2.24, 2.45) is 16.2 Å². The summed E-state index contributed by atoms with van der Waals surface area (Å²) in [7, 11) is 0. The second-order valence-electron chi connectivity index (χ2n) is 7.67. The molecule has 0 aliphatic heterocycles. The first-order valence-electron chi connectivity index (χ1n) is 7.51. The molecule has 0 heterocycles. The average Bonchev–Trinajstić information content (AvgIpc) is 2.30. The molecule has 0 aromatic rings. The molecule has 1 aliphatic carbocycles. The van der Waals surface area contributed by atoms with E-state index in [-0.39, 0.29) is 22.3 Å². The molecule has 108 valence electrons. The third-order valence-corrected chi connectivity index (χ3v) is 5.89. The van der Waals surface area contributed by atoms with Gasteiger partial charge in [-0.1, -0.05) is 60.8 Å². The summed E-state index contributed by atoms with van der Waals surface area (Å²) in [5.74, 6) is 0. The van der Waals surface area contributed by atoms with Gasteiger partial charge in [0.15, 0.2) is 0 Å². The van der Waals surface area contributed by atoms with E-state index in [9.17, 15) is 5.26 Å². The fraction of sp³-hybridized carbons (Fsp3) is 1.00. The molecule has 0 radical (unpaired) electrons. The molecule has 1 aliphatic rings. The highest BCUT2D eigenvalue weighted by Crippen LogP contribution is 2.55. The Morgan fingerprint density at radius 3 is 2.00 bits per heavy atom. The minimum Gasteiger partial charge on any atom is -0.251 e. The van der Waals surface area contributed by atoms with Crippen LogP contribution in [0.25, 0.3) is 0 Å². The summed E-state index contributed by atoms with van der Waals surface area (Å²) in [4.78, 5) is 4.99. The zero-order valence-corrected chi connectivity index (χ0v) is 13.2. The van der Waals surface area contributed by atoms with Crippen molar-refractivity contribution < 1.29 is 10.1 Å². The summed E-state index contributed by atoms with van der Waals surface area (Å²) in [6.07, 6.45) is 7.37. The first-order valence-corrected chi connectivity index (χ1v) is 7.51. The van der Waals surface area contributed by atoms with Crippen LogP contribution in [-0.2, 0) is 4.89 Å².